The summed E-state index contributed by atoms with van der Waals surface area (Å²) in [6.07, 6.45) is 5.43. The molecule has 1 aliphatic rings. The predicted octanol–water partition coefficient (Wildman–Crippen LogP) is 1.99. The third-order valence-corrected chi connectivity index (χ3v) is 4.21. The molecule has 0 aromatic carbocycles. The van der Waals surface area contributed by atoms with Gasteiger partial charge >= 0.3 is 5.97 Å². The normalized spacial score (nSPS) is 18.7. The minimum atomic E-state index is -0.733. The van der Waals surface area contributed by atoms with Crippen LogP contribution in [0.2, 0.25) is 0 Å². The molecule has 0 atom stereocenters. The quantitative estimate of drug-likeness (QED) is 0.878. The van der Waals surface area contributed by atoms with Crippen LogP contribution >= 0.6 is 0 Å². The van der Waals surface area contributed by atoms with Crippen molar-refractivity contribution in [2.75, 3.05) is 7.05 Å². The molecule has 19 heavy (non-hydrogen) atoms. The molecule has 6 heteroatoms. The number of nitrogens with zero attached hydrogens (tertiary/aromatic N) is 3. The zero-order chi connectivity index (χ0) is 13.9. The molecule has 0 radical (unpaired) electrons. The van der Waals surface area contributed by atoms with Gasteiger partial charge in [-0.2, -0.15) is 0 Å². The molecule has 0 unspecified atom stereocenters. The van der Waals surface area contributed by atoms with E-state index < -0.39 is 5.97 Å². The van der Waals surface area contributed by atoms with E-state index in [2.05, 4.69) is 15.2 Å². The first-order valence-corrected chi connectivity index (χ1v) is 6.74. The van der Waals surface area contributed by atoms with E-state index in [1.165, 1.54) is 6.42 Å². The monoisotopic (exact) mass is 267 g/mol. The standard InChI is InChI=1S/C13H21N3O3/c1-10-11(15-19-14-10)9-16(2)13(8-12(17)18)6-4-3-5-7-13/h3-9H2,1-2H3,(H,17,18). The van der Waals surface area contributed by atoms with Crippen LogP contribution in [-0.4, -0.2) is 38.9 Å². The van der Waals surface area contributed by atoms with Gasteiger partial charge in [0.2, 0.25) is 0 Å². The molecular weight excluding hydrogens is 246 g/mol. The van der Waals surface area contributed by atoms with E-state index in [9.17, 15) is 9.90 Å². The van der Waals surface area contributed by atoms with E-state index >= 15 is 0 Å². The second-order valence-corrected chi connectivity index (χ2v) is 5.51. The fraction of sp³-hybridized carbons (Fsp3) is 0.769. The van der Waals surface area contributed by atoms with Crippen LogP contribution in [0.1, 0.15) is 49.9 Å². The Morgan fingerprint density at radius 3 is 2.58 bits per heavy atom. The number of rotatable bonds is 5. The van der Waals surface area contributed by atoms with Gasteiger partial charge in [-0.1, -0.05) is 29.6 Å². The van der Waals surface area contributed by atoms with Gasteiger partial charge < -0.3 is 5.11 Å². The number of aliphatic carboxylic acids is 1. The van der Waals surface area contributed by atoms with Gasteiger partial charge in [0, 0.05) is 12.1 Å². The zero-order valence-corrected chi connectivity index (χ0v) is 11.6. The molecule has 0 saturated heterocycles. The second kappa shape index (κ2) is 5.69. The van der Waals surface area contributed by atoms with Gasteiger partial charge in [0.1, 0.15) is 11.4 Å². The summed E-state index contributed by atoms with van der Waals surface area (Å²) in [5, 5.41) is 16.8. The molecule has 1 aliphatic carbocycles. The van der Waals surface area contributed by atoms with E-state index in [-0.39, 0.29) is 12.0 Å². The van der Waals surface area contributed by atoms with Crippen LogP contribution in [0.4, 0.5) is 0 Å². The van der Waals surface area contributed by atoms with Crippen LogP contribution in [-0.2, 0) is 11.3 Å². The Balaban J connectivity index is 2.13. The maximum absolute atomic E-state index is 11.2. The first-order valence-electron chi connectivity index (χ1n) is 6.74. The minimum Gasteiger partial charge on any atom is -0.481 e. The van der Waals surface area contributed by atoms with Gasteiger partial charge in [0.15, 0.2) is 0 Å². The molecule has 106 valence electrons. The minimum absolute atomic E-state index is 0.188. The number of carboxylic acids is 1. The van der Waals surface area contributed by atoms with Crippen LogP contribution < -0.4 is 0 Å². The van der Waals surface area contributed by atoms with Crippen LogP contribution in [0.25, 0.3) is 0 Å². The van der Waals surface area contributed by atoms with Crippen molar-refractivity contribution < 1.29 is 14.5 Å². The summed E-state index contributed by atoms with van der Waals surface area (Å²) in [6.45, 7) is 2.44. The maximum atomic E-state index is 11.2. The fourth-order valence-corrected chi connectivity index (χ4v) is 2.97. The summed E-state index contributed by atoms with van der Waals surface area (Å²) in [6, 6.07) is 0. The van der Waals surface area contributed by atoms with Gasteiger partial charge in [-0.3, -0.25) is 9.69 Å². The molecule has 1 fully saturated rings. The maximum Gasteiger partial charge on any atom is 0.305 e. The van der Waals surface area contributed by atoms with Crippen molar-refractivity contribution in [2.24, 2.45) is 0 Å². The molecule has 0 spiro atoms. The van der Waals surface area contributed by atoms with Gasteiger partial charge in [-0.05, 0) is 26.8 Å². The average Bonchev–Trinajstić information content (AvgIpc) is 2.75. The van der Waals surface area contributed by atoms with E-state index in [0.717, 1.165) is 37.1 Å². The first-order chi connectivity index (χ1) is 9.03. The highest BCUT2D eigenvalue weighted by atomic mass is 16.6. The van der Waals surface area contributed by atoms with Gasteiger partial charge in [0.05, 0.1) is 6.42 Å². The van der Waals surface area contributed by atoms with Crippen molar-refractivity contribution in [3.8, 4) is 0 Å². The molecule has 1 aromatic heterocycles. The van der Waals surface area contributed by atoms with Gasteiger partial charge in [0.25, 0.3) is 0 Å². The Morgan fingerprint density at radius 2 is 2.05 bits per heavy atom. The van der Waals surface area contributed by atoms with Gasteiger partial charge in [-0.15, -0.1) is 0 Å². The molecule has 1 saturated carbocycles. The highest BCUT2D eigenvalue weighted by Crippen LogP contribution is 2.36. The fourth-order valence-electron chi connectivity index (χ4n) is 2.97. The number of aryl methyl sites for hydroxylation is 1. The average molecular weight is 267 g/mol. The van der Waals surface area contributed by atoms with Gasteiger partial charge in [-0.25, -0.2) is 4.63 Å². The Hall–Kier alpha value is -1.43. The zero-order valence-electron chi connectivity index (χ0n) is 11.6. The number of aromatic nitrogens is 2. The molecule has 0 bridgehead atoms. The second-order valence-electron chi connectivity index (χ2n) is 5.51. The third kappa shape index (κ3) is 3.12. The van der Waals surface area contributed by atoms with Crippen molar-refractivity contribution in [3.05, 3.63) is 11.4 Å². The Bertz CT molecular complexity index is 438. The molecule has 1 N–H and O–H groups in total. The molecule has 1 aromatic rings. The number of carboxylic acid groups (broad SMARTS) is 1. The molecule has 0 amide bonds. The lowest BCUT2D eigenvalue weighted by atomic mass is 9.78. The van der Waals surface area contributed by atoms with Crippen molar-refractivity contribution in [1.29, 1.82) is 0 Å². The third-order valence-electron chi connectivity index (χ3n) is 4.21. The number of hydrogen-bond acceptors (Lipinski definition) is 5. The lowest BCUT2D eigenvalue weighted by Gasteiger charge is -2.43. The van der Waals surface area contributed by atoms with Crippen LogP contribution in [0.5, 0.6) is 0 Å². The molecule has 2 rings (SSSR count). The predicted molar refractivity (Wildman–Crippen MR) is 68.6 cm³/mol. The largest absolute Gasteiger partial charge is 0.481 e. The smallest absolute Gasteiger partial charge is 0.305 e. The van der Waals surface area contributed by atoms with Crippen LogP contribution in [0, 0.1) is 6.92 Å². The Labute approximate surface area is 112 Å². The molecule has 6 nitrogen and oxygen atoms in total. The summed E-state index contributed by atoms with van der Waals surface area (Å²) in [4.78, 5) is 13.3. The summed E-state index contributed by atoms with van der Waals surface area (Å²) >= 11 is 0. The van der Waals surface area contributed by atoms with E-state index in [0.29, 0.717) is 6.54 Å². The lowest BCUT2D eigenvalue weighted by molar-refractivity contribution is -0.141. The Morgan fingerprint density at radius 1 is 1.37 bits per heavy atom. The van der Waals surface area contributed by atoms with Crippen molar-refractivity contribution >= 4 is 5.97 Å². The molecule has 1 heterocycles. The SMILES string of the molecule is Cc1nonc1CN(C)C1(CC(=O)O)CCCCC1. The van der Waals surface area contributed by atoms with Crippen molar-refractivity contribution in [1.82, 2.24) is 15.2 Å². The molecule has 0 aliphatic heterocycles. The Kier molecular flexibility index (Phi) is 4.19. The highest BCUT2D eigenvalue weighted by molar-refractivity contribution is 5.68. The van der Waals surface area contributed by atoms with E-state index in [4.69, 9.17) is 4.63 Å². The van der Waals surface area contributed by atoms with E-state index in [1.54, 1.807) is 0 Å². The topological polar surface area (TPSA) is 79.5 Å². The number of hydrogen-bond donors (Lipinski definition) is 1. The summed E-state index contributed by atoms with van der Waals surface area (Å²) < 4.78 is 4.70. The van der Waals surface area contributed by atoms with Crippen molar-refractivity contribution in [3.63, 3.8) is 0 Å². The van der Waals surface area contributed by atoms with Crippen LogP contribution in [0.3, 0.4) is 0 Å². The van der Waals surface area contributed by atoms with Crippen LogP contribution in [0.15, 0.2) is 4.63 Å². The molecular formula is C13H21N3O3. The first kappa shape index (κ1) is 14.0. The number of carbonyl (C=O) groups is 1. The highest BCUT2D eigenvalue weighted by Gasteiger charge is 2.38. The summed E-state index contributed by atoms with van der Waals surface area (Å²) in [5.41, 5.74) is 1.31. The summed E-state index contributed by atoms with van der Waals surface area (Å²) in [7, 11) is 1.97. The van der Waals surface area contributed by atoms with E-state index in [1.807, 2.05) is 14.0 Å². The summed E-state index contributed by atoms with van der Waals surface area (Å²) in [5.74, 6) is -0.733. The van der Waals surface area contributed by atoms with Crippen molar-refractivity contribution in [2.45, 2.75) is 57.5 Å². The lowest BCUT2D eigenvalue weighted by Crippen LogP contribution is -2.49.